The summed E-state index contributed by atoms with van der Waals surface area (Å²) in [6, 6.07) is 7.11. The molecule has 1 aliphatic carbocycles. The van der Waals surface area contributed by atoms with Gasteiger partial charge in [0.05, 0.1) is 0 Å². The second kappa shape index (κ2) is 4.99. The molecule has 0 atom stereocenters. The maximum atomic E-state index is 11.7. The third-order valence-electron chi connectivity index (χ3n) is 2.85. The molecule has 0 aromatic heterocycles. The van der Waals surface area contributed by atoms with Gasteiger partial charge in [0.2, 0.25) is 0 Å². The van der Waals surface area contributed by atoms with E-state index < -0.39 is 0 Å². The summed E-state index contributed by atoms with van der Waals surface area (Å²) >= 11 is 0. The number of hydrazine groups is 1. The molecule has 86 valence electrons. The van der Waals surface area contributed by atoms with E-state index in [2.05, 4.69) is 10.7 Å². The first-order valence-electron chi connectivity index (χ1n) is 5.64. The smallest absolute Gasteiger partial charge is 0.251 e. The summed E-state index contributed by atoms with van der Waals surface area (Å²) < 4.78 is 0. The topological polar surface area (TPSA) is 67.1 Å². The van der Waals surface area contributed by atoms with E-state index in [0.29, 0.717) is 5.56 Å². The third kappa shape index (κ3) is 2.97. The highest BCUT2D eigenvalue weighted by molar-refractivity contribution is 5.94. The highest BCUT2D eigenvalue weighted by Crippen LogP contribution is 2.31. The first-order chi connectivity index (χ1) is 7.79. The highest BCUT2D eigenvalue weighted by Gasteiger charge is 2.20. The van der Waals surface area contributed by atoms with E-state index in [1.54, 1.807) is 24.3 Å². The molecule has 1 saturated carbocycles. The number of nitrogen functional groups attached to an aromatic ring is 1. The predicted octanol–water partition coefficient (Wildman–Crippen LogP) is 1.50. The summed E-state index contributed by atoms with van der Waals surface area (Å²) in [5, 5.41) is 2.92. The molecule has 16 heavy (non-hydrogen) atoms. The molecular weight excluding hydrogens is 202 g/mol. The molecular formula is C12H17N3O. The van der Waals surface area contributed by atoms with Gasteiger partial charge in [0.1, 0.15) is 0 Å². The number of carbonyl (C=O) groups is 1. The first-order valence-corrected chi connectivity index (χ1v) is 5.64. The maximum Gasteiger partial charge on any atom is 0.251 e. The molecule has 1 aromatic carbocycles. The van der Waals surface area contributed by atoms with Crippen LogP contribution in [-0.4, -0.2) is 12.5 Å². The Balaban J connectivity index is 1.81. The van der Waals surface area contributed by atoms with E-state index in [4.69, 9.17) is 5.84 Å². The van der Waals surface area contributed by atoms with E-state index in [0.717, 1.165) is 24.6 Å². The fourth-order valence-electron chi connectivity index (χ4n) is 1.62. The summed E-state index contributed by atoms with van der Waals surface area (Å²) in [5.41, 5.74) is 4.00. The summed E-state index contributed by atoms with van der Waals surface area (Å²) in [6.07, 6.45) is 3.76. The van der Waals surface area contributed by atoms with Crippen LogP contribution in [0.1, 0.15) is 29.6 Å². The van der Waals surface area contributed by atoms with Crippen LogP contribution in [0.4, 0.5) is 5.69 Å². The van der Waals surface area contributed by atoms with E-state index in [1.165, 1.54) is 12.8 Å². The Kier molecular flexibility index (Phi) is 3.41. The number of hydrogen-bond acceptors (Lipinski definition) is 3. The Morgan fingerprint density at radius 1 is 1.31 bits per heavy atom. The monoisotopic (exact) mass is 219 g/mol. The van der Waals surface area contributed by atoms with Gasteiger partial charge < -0.3 is 10.7 Å². The summed E-state index contributed by atoms with van der Waals surface area (Å²) in [4.78, 5) is 11.7. The number of nitrogens with two attached hydrogens (primary N) is 1. The van der Waals surface area contributed by atoms with E-state index in [9.17, 15) is 4.79 Å². The van der Waals surface area contributed by atoms with Crippen molar-refractivity contribution < 1.29 is 4.79 Å². The van der Waals surface area contributed by atoms with Crippen molar-refractivity contribution in [1.29, 1.82) is 0 Å². The van der Waals surface area contributed by atoms with Crippen molar-refractivity contribution in [3.8, 4) is 0 Å². The number of amides is 1. The van der Waals surface area contributed by atoms with Gasteiger partial charge in [-0.1, -0.05) is 12.8 Å². The molecule has 2 rings (SSSR count). The molecule has 0 bridgehead atoms. The van der Waals surface area contributed by atoms with Crippen molar-refractivity contribution in [2.45, 2.75) is 19.3 Å². The van der Waals surface area contributed by atoms with Gasteiger partial charge in [-0.3, -0.25) is 10.6 Å². The Labute approximate surface area is 95.2 Å². The molecule has 1 aliphatic rings. The van der Waals surface area contributed by atoms with E-state index in [1.807, 2.05) is 0 Å². The zero-order chi connectivity index (χ0) is 11.4. The van der Waals surface area contributed by atoms with Crippen LogP contribution in [0.3, 0.4) is 0 Å². The van der Waals surface area contributed by atoms with Gasteiger partial charge in [-0.25, -0.2) is 0 Å². The molecule has 0 radical (unpaired) electrons. The lowest BCUT2D eigenvalue weighted by molar-refractivity contribution is 0.0952. The van der Waals surface area contributed by atoms with Crippen LogP contribution >= 0.6 is 0 Å². The van der Waals surface area contributed by atoms with Crippen LogP contribution in [0.2, 0.25) is 0 Å². The maximum absolute atomic E-state index is 11.7. The average Bonchev–Trinajstić information content (AvgIpc) is 3.13. The van der Waals surface area contributed by atoms with Gasteiger partial charge in [-0.05, 0) is 36.6 Å². The Morgan fingerprint density at radius 3 is 2.56 bits per heavy atom. The van der Waals surface area contributed by atoms with Crippen molar-refractivity contribution in [3.05, 3.63) is 29.8 Å². The second-order valence-electron chi connectivity index (χ2n) is 4.21. The van der Waals surface area contributed by atoms with Gasteiger partial charge in [0, 0.05) is 17.8 Å². The molecule has 0 saturated heterocycles. The van der Waals surface area contributed by atoms with Crippen molar-refractivity contribution in [2.24, 2.45) is 11.8 Å². The molecule has 0 aliphatic heterocycles. The number of nitrogens with one attached hydrogen (secondary N) is 2. The number of carbonyl (C=O) groups excluding carboxylic acids is 1. The van der Waals surface area contributed by atoms with Crippen LogP contribution in [0.5, 0.6) is 0 Å². The van der Waals surface area contributed by atoms with Crippen molar-refractivity contribution in [3.63, 3.8) is 0 Å². The zero-order valence-corrected chi connectivity index (χ0v) is 9.20. The standard InChI is InChI=1S/C12H17N3O/c13-15-11-5-3-10(4-6-11)12(16)14-8-7-9-1-2-9/h3-6,9,15H,1-2,7-8,13H2,(H,14,16). The summed E-state index contributed by atoms with van der Waals surface area (Å²) in [7, 11) is 0. The molecule has 4 N–H and O–H groups in total. The Morgan fingerprint density at radius 2 is 2.00 bits per heavy atom. The molecule has 1 amide bonds. The molecule has 4 nitrogen and oxygen atoms in total. The van der Waals surface area contributed by atoms with E-state index >= 15 is 0 Å². The fourth-order valence-corrected chi connectivity index (χ4v) is 1.62. The lowest BCUT2D eigenvalue weighted by atomic mass is 10.2. The highest BCUT2D eigenvalue weighted by atomic mass is 16.1. The van der Waals surface area contributed by atoms with Gasteiger partial charge in [-0.15, -0.1) is 0 Å². The minimum absolute atomic E-state index is 0.00998. The van der Waals surface area contributed by atoms with Crippen molar-refractivity contribution >= 4 is 11.6 Å². The van der Waals surface area contributed by atoms with Crippen LogP contribution in [0.15, 0.2) is 24.3 Å². The summed E-state index contributed by atoms with van der Waals surface area (Å²) in [5.74, 6) is 6.09. The molecule has 4 heteroatoms. The summed E-state index contributed by atoms with van der Waals surface area (Å²) in [6.45, 7) is 0.778. The molecule has 0 unspecified atom stereocenters. The van der Waals surface area contributed by atoms with Gasteiger partial charge in [-0.2, -0.15) is 0 Å². The molecule has 0 spiro atoms. The predicted molar refractivity (Wildman–Crippen MR) is 63.9 cm³/mol. The number of benzene rings is 1. The normalized spacial score (nSPS) is 14.6. The number of hydrogen-bond donors (Lipinski definition) is 3. The number of rotatable bonds is 5. The second-order valence-corrected chi connectivity index (χ2v) is 4.21. The third-order valence-corrected chi connectivity index (χ3v) is 2.85. The minimum atomic E-state index is -0.00998. The largest absolute Gasteiger partial charge is 0.352 e. The fraction of sp³-hybridized carbons (Fsp3) is 0.417. The molecule has 1 fully saturated rings. The quantitative estimate of drug-likeness (QED) is 0.519. The SMILES string of the molecule is NNc1ccc(C(=O)NCCC2CC2)cc1. The lowest BCUT2D eigenvalue weighted by Crippen LogP contribution is -2.24. The zero-order valence-electron chi connectivity index (χ0n) is 9.20. The van der Waals surface area contributed by atoms with E-state index in [-0.39, 0.29) is 5.91 Å². The lowest BCUT2D eigenvalue weighted by Gasteiger charge is -2.05. The van der Waals surface area contributed by atoms with Crippen molar-refractivity contribution in [1.82, 2.24) is 5.32 Å². The van der Waals surface area contributed by atoms with Gasteiger partial charge in [0.15, 0.2) is 0 Å². The molecule has 1 aromatic rings. The van der Waals surface area contributed by atoms with Crippen LogP contribution < -0.4 is 16.6 Å². The minimum Gasteiger partial charge on any atom is -0.352 e. The Bertz CT molecular complexity index is 357. The van der Waals surface area contributed by atoms with Gasteiger partial charge in [0.25, 0.3) is 5.91 Å². The first kappa shape index (κ1) is 11.0. The Hall–Kier alpha value is -1.55. The van der Waals surface area contributed by atoms with Crippen LogP contribution in [-0.2, 0) is 0 Å². The van der Waals surface area contributed by atoms with Crippen LogP contribution in [0.25, 0.3) is 0 Å². The van der Waals surface area contributed by atoms with Crippen LogP contribution in [0, 0.1) is 5.92 Å². The van der Waals surface area contributed by atoms with Gasteiger partial charge >= 0.3 is 0 Å². The molecule has 0 heterocycles. The number of anilines is 1. The van der Waals surface area contributed by atoms with Crippen molar-refractivity contribution in [2.75, 3.05) is 12.0 Å². The average molecular weight is 219 g/mol.